The van der Waals surface area contributed by atoms with Crippen molar-refractivity contribution in [3.05, 3.63) is 30.6 Å². The number of nitrogens with one attached hydrogen (secondary N) is 3. The summed E-state index contributed by atoms with van der Waals surface area (Å²) < 4.78 is 0. The number of hydrogen-bond acceptors (Lipinski definition) is 4. The van der Waals surface area contributed by atoms with E-state index in [9.17, 15) is 4.79 Å². The van der Waals surface area contributed by atoms with Gasteiger partial charge in [-0.2, -0.15) is 5.10 Å². The number of rotatable bonds is 6. The first-order valence-electron chi connectivity index (χ1n) is 6.81. The Morgan fingerprint density at radius 3 is 3.05 bits per heavy atom. The maximum atomic E-state index is 11.9. The molecule has 7 heteroatoms. The van der Waals surface area contributed by atoms with Crippen LogP contribution in [0.1, 0.15) is 13.3 Å². The molecule has 7 nitrogen and oxygen atoms in total. The lowest BCUT2D eigenvalue weighted by atomic mass is 10.1. The summed E-state index contributed by atoms with van der Waals surface area (Å²) >= 11 is 0. The molecule has 0 aliphatic rings. The van der Waals surface area contributed by atoms with Crippen molar-refractivity contribution in [2.45, 2.75) is 13.3 Å². The van der Waals surface area contributed by atoms with E-state index in [1.165, 1.54) is 0 Å². The molecule has 2 aromatic rings. The molecule has 0 aliphatic carbocycles. The van der Waals surface area contributed by atoms with Gasteiger partial charge in [-0.3, -0.25) is 10.1 Å². The number of H-pyrrole nitrogens is 1. The Bertz CT molecular complexity index is 570. The SMILES string of the molecule is CC(CCO)CNC(=O)Nc1cn[nH]c1-c1ccccn1. The fraction of sp³-hybridized carbons (Fsp3) is 0.357. The maximum Gasteiger partial charge on any atom is 0.319 e. The Kier molecular flexibility index (Phi) is 5.28. The van der Waals surface area contributed by atoms with Crippen LogP contribution in [-0.4, -0.2) is 39.5 Å². The van der Waals surface area contributed by atoms with E-state index in [1.54, 1.807) is 12.4 Å². The van der Waals surface area contributed by atoms with E-state index in [4.69, 9.17) is 5.11 Å². The van der Waals surface area contributed by atoms with Crippen LogP contribution < -0.4 is 10.6 Å². The van der Waals surface area contributed by atoms with Crippen LogP contribution in [0.5, 0.6) is 0 Å². The van der Waals surface area contributed by atoms with Gasteiger partial charge >= 0.3 is 6.03 Å². The van der Waals surface area contributed by atoms with Gasteiger partial charge in [-0.1, -0.05) is 13.0 Å². The third-order valence-electron chi connectivity index (χ3n) is 3.04. The second-order valence-electron chi connectivity index (χ2n) is 4.83. The molecule has 1 unspecified atom stereocenters. The Morgan fingerprint density at radius 1 is 1.48 bits per heavy atom. The molecule has 0 bridgehead atoms. The van der Waals surface area contributed by atoms with Crippen molar-refractivity contribution >= 4 is 11.7 Å². The number of amides is 2. The fourth-order valence-corrected chi connectivity index (χ4v) is 1.84. The van der Waals surface area contributed by atoms with E-state index < -0.39 is 0 Å². The van der Waals surface area contributed by atoms with Gasteiger partial charge < -0.3 is 15.7 Å². The number of aliphatic hydroxyl groups excluding tert-OH is 1. The van der Waals surface area contributed by atoms with E-state index in [-0.39, 0.29) is 18.6 Å². The summed E-state index contributed by atoms with van der Waals surface area (Å²) in [6.45, 7) is 2.59. The van der Waals surface area contributed by atoms with Crippen molar-refractivity contribution in [2.75, 3.05) is 18.5 Å². The van der Waals surface area contributed by atoms with Crippen LogP contribution in [0.3, 0.4) is 0 Å². The summed E-state index contributed by atoms with van der Waals surface area (Å²) in [6, 6.07) is 5.21. The van der Waals surface area contributed by atoms with Gasteiger partial charge in [-0.25, -0.2) is 4.79 Å². The number of hydrogen-bond donors (Lipinski definition) is 4. The fourth-order valence-electron chi connectivity index (χ4n) is 1.84. The predicted molar refractivity (Wildman–Crippen MR) is 79.7 cm³/mol. The zero-order valence-electron chi connectivity index (χ0n) is 11.8. The molecule has 2 heterocycles. The number of aliphatic hydroxyl groups is 1. The summed E-state index contributed by atoms with van der Waals surface area (Å²) in [5, 5.41) is 21.1. The highest BCUT2D eigenvalue weighted by atomic mass is 16.3. The molecule has 112 valence electrons. The monoisotopic (exact) mass is 289 g/mol. The van der Waals surface area contributed by atoms with Crippen molar-refractivity contribution in [1.29, 1.82) is 0 Å². The molecule has 2 rings (SSSR count). The quantitative estimate of drug-likeness (QED) is 0.648. The number of aromatic nitrogens is 3. The molecule has 0 spiro atoms. The first-order chi connectivity index (χ1) is 10.2. The highest BCUT2D eigenvalue weighted by molar-refractivity contribution is 5.92. The molecule has 0 aromatic carbocycles. The molecule has 2 aromatic heterocycles. The van der Waals surface area contributed by atoms with E-state index in [2.05, 4.69) is 25.8 Å². The van der Waals surface area contributed by atoms with Gasteiger partial charge in [0.05, 0.1) is 17.6 Å². The summed E-state index contributed by atoms with van der Waals surface area (Å²) in [5.74, 6) is 0.223. The van der Waals surface area contributed by atoms with Crippen molar-refractivity contribution in [1.82, 2.24) is 20.5 Å². The van der Waals surface area contributed by atoms with Crippen LogP contribution in [0, 0.1) is 5.92 Å². The summed E-state index contributed by atoms with van der Waals surface area (Å²) in [6.07, 6.45) is 3.88. The highest BCUT2D eigenvalue weighted by Gasteiger charge is 2.12. The third kappa shape index (κ3) is 4.28. The molecule has 21 heavy (non-hydrogen) atoms. The third-order valence-corrected chi connectivity index (χ3v) is 3.04. The molecule has 0 aliphatic heterocycles. The van der Waals surface area contributed by atoms with Crippen molar-refractivity contribution < 1.29 is 9.90 Å². The molecule has 0 saturated heterocycles. The number of anilines is 1. The van der Waals surface area contributed by atoms with Crippen LogP contribution in [0.2, 0.25) is 0 Å². The summed E-state index contributed by atoms with van der Waals surface area (Å²) in [5.41, 5.74) is 1.94. The largest absolute Gasteiger partial charge is 0.396 e. The number of carbonyl (C=O) groups is 1. The second kappa shape index (κ2) is 7.39. The topological polar surface area (TPSA) is 103 Å². The number of aromatic amines is 1. The minimum atomic E-state index is -0.307. The van der Waals surface area contributed by atoms with E-state index in [1.807, 2.05) is 25.1 Å². The van der Waals surface area contributed by atoms with E-state index in [0.717, 1.165) is 0 Å². The van der Waals surface area contributed by atoms with Crippen LogP contribution in [0.15, 0.2) is 30.6 Å². The molecule has 0 radical (unpaired) electrons. The normalized spacial score (nSPS) is 11.9. The van der Waals surface area contributed by atoms with Gasteiger partial charge in [0.1, 0.15) is 5.69 Å². The van der Waals surface area contributed by atoms with Crippen LogP contribution in [0.25, 0.3) is 11.4 Å². The second-order valence-corrected chi connectivity index (χ2v) is 4.83. The minimum Gasteiger partial charge on any atom is -0.396 e. The standard InChI is InChI=1S/C14H19N5O2/c1-10(5-7-20)8-16-14(21)18-12-9-17-19-13(12)11-4-2-3-6-15-11/h2-4,6,9-10,20H,5,7-8H2,1H3,(H,17,19)(H2,16,18,21). The minimum absolute atomic E-state index is 0.121. The summed E-state index contributed by atoms with van der Waals surface area (Å²) in [4.78, 5) is 16.1. The smallest absolute Gasteiger partial charge is 0.319 e. The molecule has 4 N–H and O–H groups in total. The Balaban J connectivity index is 1.95. The van der Waals surface area contributed by atoms with E-state index >= 15 is 0 Å². The van der Waals surface area contributed by atoms with Gasteiger partial charge in [0, 0.05) is 19.3 Å². The number of nitrogens with zero attached hydrogens (tertiary/aromatic N) is 2. The number of pyridine rings is 1. The number of carbonyl (C=O) groups excluding carboxylic acids is 1. The molecule has 2 amide bonds. The predicted octanol–water partition coefficient (Wildman–Crippen LogP) is 1.61. The summed E-state index contributed by atoms with van der Waals surface area (Å²) in [7, 11) is 0. The van der Waals surface area contributed by atoms with Gasteiger partial charge in [-0.15, -0.1) is 0 Å². The highest BCUT2D eigenvalue weighted by Crippen LogP contribution is 2.22. The van der Waals surface area contributed by atoms with Crippen molar-refractivity contribution in [2.24, 2.45) is 5.92 Å². The molecular formula is C14H19N5O2. The van der Waals surface area contributed by atoms with E-state index in [0.29, 0.717) is 30.0 Å². The van der Waals surface area contributed by atoms with Crippen molar-refractivity contribution in [3.63, 3.8) is 0 Å². The molecule has 1 atom stereocenters. The Hall–Kier alpha value is -2.41. The lowest BCUT2D eigenvalue weighted by Crippen LogP contribution is -2.32. The molecule has 0 saturated carbocycles. The Morgan fingerprint density at radius 2 is 2.33 bits per heavy atom. The average Bonchev–Trinajstić information content (AvgIpc) is 2.94. The molecular weight excluding hydrogens is 270 g/mol. The van der Waals surface area contributed by atoms with Gasteiger partial charge in [0.25, 0.3) is 0 Å². The van der Waals surface area contributed by atoms with Crippen molar-refractivity contribution in [3.8, 4) is 11.4 Å². The van der Waals surface area contributed by atoms with Crippen LogP contribution >= 0.6 is 0 Å². The zero-order valence-corrected chi connectivity index (χ0v) is 11.8. The maximum absolute atomic E-state index is 11.9. The number of urea groups is 1. The van der Waals surface area contributed by atoms with Crippen LogP contribution in [0.4, 0.5) is 10.5 Å². The average molecular weight is 289 g/mol. The van der Waals surface area contributed by atoms with Gasteiger partial charge in [0.15, 0.2) is 0 Å². The first-order valence-corrected chi connectivity index (χ1v) is 6.81. The lowest BCUT2D eigenvalue weighted by Gasteiger charge is -2.12. The zero-order chi connectivity index (χ0) is 15.1. The molecule has 0 fully saturated rings. The van der Waals surface area contributed by atoms with Gasteiger partial charge in [0.2, 0.25) is 0 Å². The van der Waals surface area contributed by atoms with Crippen LogP contribution in [-0.2, 0) is 0 Å². The Labute approximate surface area is 122 Å². The first kappa shape index (κ1) is 15.0. The lowest BCUT2D eigenvalue weighted by molar-refractivity contribution is 0.243. The van der Waals surface area contributed by atoms with Gasteiger partial charge in [-0.05, 0) is 24.5 Å².